The van der Waals surface area contributed by atoms with Crippen molar-refractivity contribution in [3.05, 3.63) is 119 Å². The van der Waals surface area contributed by atoms with Crippen LogP contribution in [0.5, 0.6) is 0 Å². The smallest absolute Gasteiger partial charge is 0.390 e. The summed E-state index contributed by atoms with van der Waals surface area (Å²) in [7, 11) is 0. The van der Waals surface area contributed by atoms with Gasteiger partial charge >= 0.3 is 18.3 Å². The minimum atomic E-state index is -4.28. The van der Waals surface area contributed by atoms with Crippen LogP contribution in [-0.2, 0) is 0 Å². The highest BCUT2D eigenvalue weighted by atomic mass is 19.4. The summed E-state index contributed by atoms with van der Waals surface area (Å²) >= 11 is 0. The number of fused-ring (bicyclic) bond motifs is 2. The number of ketones is 1. The van der Waals surface area contributed by atoms with Gasteiger partial charge in [0.05, 0.1) is 66.8 Å². The first-order valence-electron chi connectivity index (χ1n) is 19.1. The molecule has 17 heteroatoms. The number of hydrogen-bond donors (Lipinski definition) is 5. The number of Topliss-reactive ketones (excluding diaryl/α,β-unsaturated/α-hetero) is 1. The molecule has 0 spiro atoms. The zero-order valence-corrected chi connectivity index (χ0v) is 33.4. The van der Waals surface area contributed by atoms with Crippen molar-refractivity contribution in [3.8, 4) is 22.5 Å². The highest BCUT2D eigenvalue weighted by molar-refractivity contribution is 5.97. The molecular formula is C44H44F6N6O5. The summed E-state index contributed by atoms with van der Waals surface area (Å²) in [6.45, 7) is 4.46. The third-order valence-corrected chi connectivity index (χ3v) is 9.43. The largest absolute Gasteiger partial charge is 0.478 e. The van der Waals surface area contributed by atoms with Gasteiger partial charge in [0.2, 0.25) is 0 Å². The number of hydrogen-bond acceptors (Lipinski definition) is 8. The number of halogens is 6. The van der Waals surface area contributed by atoms with Crippen LogP contribution in [-0.4, -0.2) is 84.5 Å². The Morgan fingerprint density at radius 2 is 1.11 bits per heavy atom. The number of nitrogens with one attached hydrogen (secondary N) is 2. The zero-order chi connectivity index (χ0) is 44.5. The summed E-state index contributed by atoms with van der Waals surface area (Å²) in [6.07, 6.45) is 3.13. The van der Waals surface area contributed by atoms with Crippen LogP contribution in [0.2, 0.25) is 0 Å². The number of carboxylic acid groups (broad SMARTS) is 1. The van der Waals surface area contributed by atoms with Gasteiger partial charge in [0, 0.05) is 48.6 Å². The van der Waals surface area contributed by atoms with Gasteiger partial charge in [-0.15, -0.1) is 0 Å². The predicted molar refractivity (Wildman–Crippen MR) is 223 cm³/mol. The third kappa shape index (κ3) is 11.9. The van der Waals surface area contributed by atoms with E-state index in [4.69, 9.17) is 10.2 Å². The molecule has 0 amide bonds. The minimum Gasteiger partial charge on any atom is -0.478 e. The van der Waals surface area contributed by atoms with Gasteiger partial charge in [0.1, 0.15) is 0 Å². The Balaban J connectivity index is 0.000000231. The summed E-state index contributed by atoms with van der Waals surface area (Å²) in [5.74, 6) is -0.959. The average molecular weight is 851 g/mol. The number of carboxylic acids is 1. The molecule has 4 aromatic heterocycles. The molecule has 6 aromatic rings. The first-order chi connectivity index (χ1) is 28.9. The standard InChI is InChI=1S/C23H24F3N3O2.C21H20F3N3O3/c1-3-21(31)18-7-6-17(11-15(18)2)20-13-28-22-19(27-9-8-23(24,25)26)12-16(5-4-10-30)14-29(20)22;1-13-9-15(4-5-16(13)20(29)30)18-11-26-19-17(25-7-6-21(22,23)24)10-14(3-2-8-28)12-27(18)19/h4-7,11-14,27,30H,3,8-10H2,1-2H3;2-5,9-12,25,28H,6-8H2,1H3,(H,29,30)/b5-4-;3-2-. The lowest BCUT2D eigenvalue weighted by molar-refractivity contribution is -0.132. The molecule has 0 aliphatic rings. The van der Waals surface area contributed by atoms with Gasteiger partial charge < -0.3 is 26.0 Å². The highest BCUT2D eigenvalue weighted by Crippen LogP contribution is 2.31. The number of benzene rings is 2. The van der Waals surface area contributed by atoms with Gasteiger partial charge in [0.15, 0.2) is 17.1 Å². The number of imidazole rings is 2. The Morgan fingerprint density at radius 3 is 1.48 bits per heavy atom. The maximum absolute atomic E-state index is 12.6. The SMILES string of the molecule is CCC(=O)c1ccc(-c2cnc3c(NCCC(F)(F)F)cc(/C=C\CO)cn23)cc1C.Cc1cc(-c2cnc3c(NCCC(F)(F)F)cc(/C=C\CO)cn23)ccc1C(=O)O. The Morgan fingerprint density at radius 1 is 0.689 bits per heavy atom. The highest BCUT2D eigenvalue weighted by Gasteiger charge is 2.27. The van der Waals surface area contributed by atoms with Crippen LogP contribution in [0.4, 0.5) is 37.7 Å². The number of aromatic carboxylic acids is 1. The summed E-state index contributed by atoms with van der Waals surface area (Å²) in [5, 5.41) is 32.9. The normalized spacial score (nSPS) is 12.0. The maximum atomic E-state index is 12.6. The van der Waals surface area contributed by atoms with Crippen molar-refractivity contribution in [2.45, 2.75) is 52.4 Å². The molecule has 0 radical (unpaired) electrons. The molecule has 5 N–H and O–H groups in total. The van der Waals surface area contributed by atoms with Crippen LogP contribution in [0.1, 0.15) is 69.2 Å². The van der Waals surface area contributed by atoms with Gasteiger partial charge in [-0.05, 0) is 66.4 Å². The van der Waals surface area contributed by atoms with Gasteiger partial charge in [-0.3, -0.25) is 13.6 Å². The second kappa shape index (κ2) is 19.7. The number of anilines is 2. The van der Waals surface area contributed by atoms with E-state index in [0.29, 0.717) is 57.0 Å². The molecule has 11 nitrogen and oxygen atoms in total. The van der Waals surface area contributed by atoms with Gasteiger partial charge in [0.25, 0.3) is 0 Å². The van der Waals surface area contributed by atoms with Crippen molar-refractivity contribution in [1.82, 2.24) is 18.8 Å². The van der Waals surface area contributed by atoms with Gasteiger partial charge in [-0.1, -0.05) is 49.4 Å². The molecule has 322 valence electrons. The quantitative estimate of drug-likeness (QED) is 0.0502. The molecule has 0 atom stereocenters. The van der Waals surface area contributed by atoms with Crippen LogP contribution < -0.4 is 10.6 Å². The topological polar surface area (TPSA) is 153 Å². The van der Waals surface area contributed by atoms with Gasteiger partial charge in [-0.25, -0.2) is 14.8 Å². The number of carbonyl (C=O) groups is 2. The summed E-state index contributed by atoms with van der Waals surface area (Å²) < 4.78 is 78.8. The second-order valence-corrected chi connectivity index (χ2v) is 13.9. The summed E-state index contributed by atoms with van der Waals surface area (Å²) in [5.41, 5.74) is 8.40. The van der Waals surface area contributed by atoms with Crippen LogP contribution in [0.3, 0.4) is 0 Å². The predicted octanol–water partition coefficient (Wildman–Crippen LogP) is 9.65. The van der Waals surface area contributed by atoms with E-state index in [1.54, 1.807) is 89.1 Å². The van der Waals surface area contributed by atoms with Crippen LogP contribution in [0.15, 0.2) is 85.5 Å². The monoisotopic (exact) mass is 850 g/mol. The number of aliphatic hydroxyl groups is 2. The number of aliphatic hydroxyl groups excluding tert-OH is 2. The fourth-order valence-electron chi connectivity index (χ4n) is 6.53. The molecule has 2 aromatic carbocycles. The third-order valence-electron chi connectivity index (χ3n) is 9.43. The lowest BCUT2D eigenvalue weighted by Gasteiger charge is -2.12. The number of nitrogens with zero attached hydrogens (tertiary/aromatic N) is 4. The molecule has 61 heavy (non-hydrogen) atoms. The van der Waals surface area contributed by atoms with Crippen LogP contribution in [0.25, 0.3) is 46.0 Å². The second-order valence-electron chi connectivity index (χ2n) is 13.9. The molecule has 0 aliphatic carbocycles. The van der Waals surface area contributed by atoms with E-state index in [2.05, 4.69) is 20.6 Å². The summed E-state index contributed by atoms with van der Waals surface area (Å²) in [6, 6.07) is 13.8. The van der Waals surface area contributed by atoms with Crippen molar-refractivity contribution in [1.29, 1.82) is 0 Å². The molecule has 0 aliphatic heterocycles. The lowest BCUT2D eigenvalue weighted by atomic mass is 9.99. The molecular weight excluding hydrogens is 807 g/mol. The zero-order valence-electron chi connectivity index (χ0n) is 33.4. The molecule has 0 saturated heterocycles. The maximum Gasteiger partial charge on any atom is 0.390 e. The number of alkyl halides is 6. The van der Waals surface area contributed by atoms with Crippen LogP contribution in [0, 0.1) is 13.8 Å². The molecule has 0 unspecified atom stereocenters. The van der Waals surface area contributed by atoms with E-state index >= 15 is 0 Å². The Kier molecular flexibility index (Phi) is 14.8. The Bertz CT molecular complexity index is 2570. The molecule has 4 heterocycles. The number of aryl methyl sites for hydroxylation is 2. The van der Waals surface area contributed by atoms with Crippen molar-refractivity contribution in [2.24, 2.45) is 0 Å². The van der Waals surface area contributed by atoms with Crippen LogP contribution >= 0.6 is 0 Å². The first-order valence-corrected chi connectivity index (χ1v) is 19.1. The fourth-order valence-corrected chi connectivity index (χ4v) is 6.53. The van der Waals surface area contributed by atoms with E-state index in [9.17, 15) is 41.0 Å². The fraction of sp³-hybridized carbons (Fsp3) is 0.273. The molecule has 6 rings (SSSR count). The number of pyridine rings is 2. The average Bonchev–Trinajstić information content (AvgIpc) is 3.83. The first kappa shape index (κ1) is 45.6. The summed E-state index contributed by atoms with van der Waals surface area (Å²) in [4.78, 5) is 32.1. The van der Waals surface area contributed by atoms with Crippen molar-refractivity contribution in [3.63, 3.8) is 0 Å². The van der Waals surface area contributed by atoms with E-state index in [1.807, 2.05) is 26.0 Å². The number of rotatable bonds is 15. The van der Waals surface area contributed by atoms with Crippen molar-refractivity contribution < 1.29 is 51.3 Å². The van der Waals surface area contributed by atoms with E-state index < -0.39 is 31.2 Å². The van der Waals surface area contributed by atoms with E-state index in [-0.39, 0.29) is 37.6 Å². The molecule has 0 fully saturated rings. The van der Waals surface area contributed by atoms with Gasteiger partial charge in [-0.2, -0.15) is 26.3 Å². The molecule has 0 bridgehead atoms. The molecule has 0 saturated carbocycles. The van der Waals surface area contributed by atoms with E-state index in [0.717, 1.165) is 22.4 Å². The number of carbonyl (C=O) groups excluding carboxylic acids is 1. The van der Waals surface area contributed by atoms with Crippen molar-refractivity contribution >= 4 is 46.6 Å². The minimum absolute atomic E-state index is 0.0646. The van der Waals surface area contributed by atoms with E-state index in [1.165, 1.54) is 12.1 Å². The Hall–Kier alpha value is -6.46. The van der Waals surface area contributed by atoms with Crippen molar-refractivity contribution in [2.75, 3.05) is 36.9 Å². The Labute approximate surface area is 346 Å². The lowest BCUT2D eigenvalue weighted by Crippen LogP contribution is -2.15. The number of aromatic nitrogens is 4.